The van der Waals surface area contributed by atoms with Crippen molar-refractivity contribution in [3.8, 4) is 11.8 Å². The van der Waals surface area contributed by atoms with Gasteiger partial charge in [0, 0.05) is 7.05 Å². The van der Waals surface area contributed by atoms with Crippen LogP contribution in [-0.2, 0) is 7.05 Å². The van der Waals surface area contributed by atoms with Crippen molar-refractivity contribution >= 4 is 0 Å². The number of nitrogens with zero attached hydrogens (tertiary/aromatic N) is 1. The van der Waals surface area contributed by atoms with E-state index in [2.05, 4.69) is 4.98 Å². The summed E-state index contributed by atoms with van der Waals surface area (Å²) in [5.41, 5.74) is -0.371. The molecule has 5 heteroatoms. The summed E-state index contributed by atoms with van der Waals surface area (Å²) in [5.74, 6) is 0.00190. The van der Waals surface area contributed by atoms with Crippen LogP contribution in [0.5, 0.6) is 11.8 Å². The monoisotopic (exact) mass is 186 g/mol. The van der Waals surface area contributed by atoms with E-state index in [-0.39, 0.29) is 17.4 Å². The lowest BCUT2D eigenvalue weighted by Gasteiger charge is -2.01. The molecule has 74 valence electrons. The third-order valence-corrected chi connectivity index (χ3v) is 1.79. The number of H-pyrrole nitrogens is 1. The number of aromatic nitrogens is 2. The van der Waals surface area contributed by atoms with Gasteiger partial charge in [0.05, 0.1) is 6.61 Å². The number of hydrogen-bond donors (Lipinski definition) is 2. The number of ether oxygens (including phenoxy) is 1. The van der Waals surface area contributed by atoms with Crippen LogP contribution in [-0.4, -0.2) is 21.3 Å². The number of nitrogens with one attached hydrogen (secondary N) is 1. The molecule has 0 saturated heterocycles. The maximum absolute atomic E-state index is 11.0. The molecule has 0 aromatic carbocycles. The molecular weight excluding hydrogens is 172 g/mol. The fourth-order valence-corrected chi connectivity index (χ4v) is 0.905. The molecule has 0 unspecified atom stereocenters. The summed E-state index contributed by atoms with van der Waals surface area (Å²) in [6.45, 7) is 2.54. The molecule has 0 bridgehead atoms. The summed E-state index contributed by atoms with van der Waals surface area (Å²) in [6, 6.07) is 0. The summed E-state index contributed by atoms with van der Waals surface area (Å²) in [4.78, 5) is 13.4. The fourth-order valence-electron chi connectivity index (χ4n) is 0.905. The topological polar surface area (TPSA) is 67.2 Å². The van der Waals surface area contributed by atoms with Gasteiger partial charge in [-0.3, -0.25) is 9.55 Å². The van der Waals surface area contributed by atoms with Crippen LogP contribution in [0.2, 0.25) is 0 Å². The van der Waals surface area contributed by atoms with Crippen LogP contribution in [0.15, 0.2) is 4.79 Å². The van der Waals surface area contributed by atoms with E-state index in [4.69, 9.17) is 4.74 Å². The first-order valence-corrected chi connectivity index (χ1v) is 4.27. The molecule has 0 fully saturated rings. The zero-order valence-corrected chi connectivity index (χ0v) is 7.83. The number of aromatic hydroxyl groups is 1. The Kier molecular flexibility index (Phi) is 3.00. The van der Waals surface area contributed by atoms with Crippen LogP contribution in [0.4, 0.5) is 0 Å². The molecular formula is C8H14N2O3. The van der Waals surface area contributed by atoms with E-state index in [0.29, 0.717) is 6.61 Å². The largest absolute Gasteiger partial charge is 0.491 e. The first-order valence-electron chi connectivity index (χ1n) is 4.27. The molecule has 0 saturated carbocycles. The predicted octanol–water partition coefficient (Wildman–Crippen LogP) is 0.598. The van der Waals surface area contributed by atoms with Crippen molar-refractivity contribution in [3.63, 3.8) is 0 Å². The van der Waals surface area contributed by atoms with Crippen LogP contribution in [0, 0.1) is 0 Å². The van der Waals surface area contributed by atoms with E-state index >= 15 is 0 Å². The zero-order chi connectivity index (χ0) is 9.84. The third-order valence-electron chi connectivity index (χ3n) is 1.79. The highest BCUT2D eigenvalue weighted by Crippen LogP contribution is 2.19. The van der Waals surface area contributed by atoms with E-state index in [0.717, 1.165) is 17.4 Å². The van der Waals surface area contributed by atoms with Gasteiger partial charge in [-0.2, -0.15) is 0 Å². The normalized spacial score (nSPS) is 10.3. The van der Waals surface area contributed by atoms with Crippen LogP contribution < -0.4 is 10.4 Å². The Bertz CT molecular complexity index is 327. The summed E-state index contributed by atoms with van der Waals surface area (Å²) in [6.07, 6.45) is 1.91. The second-order valence-corrected chi connectivity index (χ2v) is 2.84. The average Bonchev–Trinajstić information content (AvgIpc) is 2.34. The predicted molar refractivity (Wildman–Crippen MR) is 48.1 cm³/mol. The summed E-state index contributed by atoms with van der Waals surface area (Å²) in [7, 11) is 1.47. The molecule has 5 nitrogen and oxygen atoms in total. The van der Waals surface area contributed by atoms with Gasteiger partial charge in [0.25, 0.3) is 11.8 Å². The summed E-state index contributed by atoms with van der Waals surface area (Å²) < 4.78 is 6.25. The minimum Gasteiger partial charge on any atom is -0.491 e. The maximum atomic E-state index is 11.0. The Morgan fingerprint density at radius 1 is 1.62 bits per heavy atom. The molecule has 1 aromatic heterocycles. The van der Waals surface area contributed by atoms with Gasteiger partial charge in [-0.05, 0) is 6.42 Å². The quantitative estimate of drug-likeness (QED) is 0.676. The molecule has 1 heterocycles. The zero-order valence-electron chi connectivity index (χ0n) is 7.83. The van der Waals surface area contributed by atoms with Gasteiger partial charge in [-0.1, -0.05) is 13.3 Å². The van der Waals surface area contributed by atoms with Gasteiger partial charge in [0.1, 0.15) is 0 Å². The molecule has 0 aliphatic rings. The van der Waals surface area contributed by atoms with Crippen LogP contribution in [0.25, 0.3) is 0 Å². The number of unbranched alkanes of at least 4 members (excludes halogenated alkanes) is 1. The highest BCUT2D eigenvalue weighted by Gasteiger charge is 2.09. The molecule has 13 heavy (non-hydrogen) atoms. The fraction of sp³-hybridized carbons (Fsp3) is 0.625. The Hall–Kier alpha value is -1.39. The van der Waals surface area contributed by atoms with E-state index in [9.17, 15) is 9.90 Å². The Labute approximate surface area is 76.0 Å². The summed E-state index contributed by atoms with van der Waals surface area (Å²) >= 11 is 0. The van der Waals surface area contributed by atoms with Gasteiger partial charge in [0.2, 0.25) is 0 Å². The van der Waals surface area contributed by atoms with Crippen LogP contribution >= 0.6 is 0 Å². The lowest BCUT2D eigenvalue weighted by molar-refractivity contribution is 0.279. The molecule has 0 aliphatic heterocycles. The van der Waals surface area contributed by atoms with Crippen molar-refractivity contribution in [2.45, 2.75) is 19.8 Å². The molecule has 0 aliphatic carbocycles. The Morgan fingerprint density at radius 3 is 2.77 bits per heavy atom. The van der Waals surface area contributed by atoms with E-state index in [1.54, 1.807) is 0 Å². The molecule has 1 rings (SSSR count). The summed E-state index contributed by atoms with van der Waals surface area (Å²) in [5, 5.41) is 9.32. The number of rotatable bonds is 4. The highest BCUT2D eigenvalue weighted by atomic mass is 16.5. The average molecular weight is 186 g/mol. The minimum absolute atomic E-state index is 0.152. The second kappa shape index (κ2) is 4.02. The van der Waals surface area contributed by atoms with Crippen molar-refractivity contribution in [1.82, 2.24) is 9.55 Å². The highest BCUT2D eigenvalue weighted by molar-refractivity contribution is 5.24. The number of aromatic amines is 1. The van der Waals surface area contributed by atoms with E-state index in [1.165, 1.54) is 7.05 Å². The van der Waals surface area contributed by atoms with E-state index < -0.39 is 0 Å². The standard InChI is InChI=1S/C8H14N2O3/c1-3-4-5-13-6-7(11)10(2)8(12)9-6/h11H,3-5H2,1-2H3,(H,9,12). The number of imidazole rings is 1. The van der Waals surface area contributed by atoms with Crippen LogP contribution in [0.1, 0.15) is 19.8 Å². The maximum Gasteiger partial charge on any atom is 0.331 e. The van der Waals surface area contributed by atoms with Gasteiger partial charge < -0.3 is 9.84 Å². The molecule has 0 spiro atoms. The van der Waals surface area contributed by atoms with Gasteiger partial charge >= 0.3 is 5.69 Å². The van der Waals surface area contributed by atoms with Gasteiger partial charge in [-0.15, -0.1) is 0 Å². The minimum atomic E-state index is -0.371. The van der Waals surface area contributed by atoms with Gasteiger partial charge in [0.15, 0.2) is 0 Å². The molecule has 1 aromatic rings. The van der Waals surface area contributed by atoms with Crippen LogP contribution in [0.3, 0.4) is 0 Å². The molecule has 0 radical (unpaired) electrons. The van der Waals surface area contributed by atoms with Crippen molar-refractivity contribution in [2.24, 2.45) is 7.05 Å². The lowest BCUT2D eigenvalue weighted by atomic mass is 10.4. The molecule has 2 N–H and O–H groups in total. The van der Waals surface area contributed by atoms with Crippen molar-refractivity contribution in [1.29, 1.82) is 0 Å². The smallest absolute Gasteiger partial charge is 0.331 e. The van der Waals surface area contributed by atoms with E-state index in [1.807, 2.05) is 6.92 Å². The molecule has 0 atom stereocenters. The molecule has 0 amide bonds. The lowest BCUT2D eigenvalue weighted by Crippen LogP contribution is -2.11. The second-order valence-electron chi connectivity index (χ2n) is 2.84. The van der Waals surface area contributed by atoms with Crippen molar-refractivity contribution in [3.05, 3.63) is 10.5 Å². The Morgan fingerprint density at radius 2 is 2.31 bits per heavy atom. The van der Waals surface area contributed by atoms with Crippen molar-refractivity contribution < 1.29 is 9.84 Å². The first-order chi connectivity index (χ1) is 6.16. The number of hydrogen-bond acceptors (Lipinski definition) is 3. The van der Waals surface area contributed by atoms with Crippen molar-refractivity contribution in [2.75, 3.05) is 6.61 Å². The first kappa shape index (κ1) is 9.70. The third kappa shape index (κ3) is 2.05. The van der Waals surface area contributed by atoms with Gasteiger partial charge in [-0.25, -0.2) is 4.79 Å². The SMILES string of the molecule is CCCCOc1[nH]c(=O)n(C)c1O. The Balaban J connectivity index is 2.67.